The van der Waals surface area contributed by atoms with Crippen LogP contribution in [-0.2, 0) is 0 Å². The second-order valence-corrected chi connectivity index (χ2v) is 4.78. The molecule has 2 heterocycles. The van der Waals surface area contributed by atoms with E-state index in [-0.39, 0.29) is 0 Å². The zero-order valence-electron chi connectivity index (χ0n) is 7.27. The van der Waals surface area contributed by atoms with E-state index in [1.807, 2.05) is 25.1 Å². The molecule has 0 aliphatic heterocycles. The zero-order valence-corrected chi connectivity index (χ0v) is 9.66. The summed E-state index contributed by atoms with van der Waals surface area (Å²) < 4.78 is 4.66. The van der Waals surface area contributed by atoms with Gasteiger partial charge in [-0.05, 0) is 29.4 Å². The molecule has 0 saturated heterocycles. The fourth-order valence-electron chi connectivity index (χ4n) is 0.920. The summed E-state index contributed by atoms with van der Waals surface area (Å²) in [7, 11) is 2.77. The molecule has 0 saturated carbocycles. The molecule has 0 atom stereocenters. The van der Waals surface area contributed by atoms with E-state index in [0.717, 1.165) is 10.4 Å². The molecule has 2 rings (SSSR count). The SMILES string of the molecule is Cc1cccc(/N=c2/ssnc2Cl)n1. The lowest BCUT2D eigenvalue weighted by molar-refractivity contribution is 1.16. The zero-order chi connectivity index (χ0) is 9.97. The van der Waals surface area contributed by atoms with Gasteiger partial charge < -0.3 is 0 Å². The van der Waals surface area contributed by atoms with Gasteiger partial charge in [-0.3, -0.25) is 0 Å². The molecule has 0 amide bonds. The van der Waals surface area contributed by atoms with E-state index < -0.39 is 0 Å². The Morgan fingerprint density at radius 2 is 2.29 bits per heavy atom. The highest BCUT2D eigenvalue weighted by Crippen LogP contribution is 2.10. The van der Waals surface area contributed by atoms with E-state index >= 15 is 0 Å². The Balaban J connectivity index is 2.49. The number of nitrogens with zero attached hydrogens (tertiary/aromatic N) is 3. The molecule has 14 heavy (non-hydrogen) atoms. The predicted molar refractivity (Wildman–Crippen MR) is 59.2 cm³/mol. The van der Waals surface area contributed by atoms with Crippen LogP contribution in [0.3, 0.4) is 0 Å². The minimum atomic E-state index is 0.448. The van der Waals surface area contributed by atoms with E-state index in [0.29, 0.717) is 11.0 Å². The van der Waals surface area contributed by atoms with Crippen LogP contribution >= 0.6 is 32.5 Å². The molecule has 0 fully saturated rings. The lowest BCUT2D eigenvalue weighted by atomic mass is 10.4. The fourth-order valence-corrected chi connectivity index (χ4v) is 2.90. The average molecular weight is 244 g/mol. The molecule has 0 unspecified atom stereocenters. The maximum Gasteiger partial charge on any atom is 0.179 e. The summed E-state index contributed by atoms with van der Waals surface area (Å²) in [6, 6.07) is 5.68. The van der Waals surface area contributed by atoms with Crippen LogP contribution in [0, 0.1) is 6.92 Å². The molecule has 3 nitrogen and oxygen atoms in total. The maximum absolute atomic E-state index is 5.82. The standard InChI is InChI=1S/C8H6ClN3S2/c1-5-3-2-4-6(10-5)11-8-7(9)12-14-13-8/h2-4H,1H3/b11-8+. The number of pyridine rings is 1. The van der Waals surface area contributed by atoms with Gasteiger partial charge in [-0.15, -0.1) is 0 Å². The Morgan fingerprint density at radius 1 is 1.43 bits per heavy atom. The van der Waals surface area contributed by atoms with Gasteiger partial charge in [-0.25, -0.2) is 9.98 Å². The van der Waals surface area contributed by atoms with E-state index in [2.05, 4.69) is 14.3 Å². The van der Waals surface area contributed by atoms with Crippen LogP contribution in [0.15, 0.2) is 23.2 Å². The van der Waals surface area contributed by atoms with Crippen molar-refractivity contribution in [1.82, 2.24) is 9.36 Å². The van der Waals surface area contributed by atoms with E-state index in [4.69, 9.17) is 11.6 Å². The quantitative estimate of drug-likeness (QED) is 0.723. The lowest BCUT2D eigenvalue weighted by Crippen LogP contribution is -1.93. The molecule has 0 bridgehead atoms. The van der Waals surface area contributed by atoms with Crippen molar-refractivity contribution in [2.75, 3.05) is 0 Å². The van der Waals surface area contributed by atoms with Gasteiger partial charge in [0.05, 0.1) is 0 Å². The normalized spacial score (nSPS) is 12.0. The van der Waals surface area contributed by atoms with Gasteiger partial charge in [0.15, 0.2) is 15.6 Å². The smallest absolute Gasteiger partial charge is 0.179 e. The summed E-state index contributed by atoms with van der Waals surface area (Å²) in [6.45, 7) is 1.93. The highest BCUT2D eigenvalue weighted by atomic mass is 35.5. The summed E-state index contributed by atoms with van der Waals surface area (Å²) in [6.07, 6.45) is 0. The highest BCUT2D eigenvalue weighted by molar-refractivity contribution is 7.66. The number of rotatable bonds is 1. The second kappa shape index (κ2) is 4.16. The van der Waals surface area contributed by atoms with Crippen LogP contribution in [0.2, 0.25) is 5.15 Å². The summed E-state index contributed by atoms with van der Waals surface area (Å²) >= 11 is 5.82. The van der Waals surface area contributed by atoms with Crippen molar-refractivity contribution in [3.05, 3.63) is 33.7 Å². The maximum atomic E-state index is 5.82. The Labute approximate surface area is 93.3 Å². The van der Waals surface area contributed by atoms with Crippen molar-refractivity contribution < 1.29 is 0 Å². The topological polar surface area (TPSA) is 38.1 Å². The van der Waals surface area contributed by atoms with Gasteiger partial charge in [-0.2, -0.15) is 4.37 Å². The molecule has 0 N–H and O–H groups in total. The molecule has 2 aromatic heterocycles. The van der Waals surface area contributed by atoms with Crippen molar-refractivity contribution in [3.8, 4) is 0 Å². The van der Waals surface area contributed by atoms with E-state index in [1.165, 1.54) is 20.9 Å². The summed E-state index contributed by atoms with van der Waals surface area (Å²) in [5, 5.41) is 0.448. The number of hydrogen-bond acceptors (Lipinski definition) is 5. The Kier molecular flexibility index (Phi) is 2.90. The summed E-state index contributed by atoms with van der Waals surface area (Å²) in [5.41, 5.74) is 0.940. The van der Waals surface area contributed by atoms with Crippen molar-refractivity contribution in [3.63, 3.8) is 0 Å². The van der Waals surface area contributed by atoms with Crippen LogP contribution in [0.1, 0.15) is 5.69 Å². The van der Waals surface area contributed by atoms with Crippen LogP contribution in [0.4, 0.5) is 5.82 Å². The first-order valence-corrected chi connectivity index (χ1v) is 6.34. The van der Waals surface area contributed by atoms with Crippen molar-refractivity contribution in [2.45, 2.75) is 6.92 Å². The molecule has 2 aromatic rings. The lowest BCUT2D eigenvalue weighted by Gasteiger charge is -1.92. The third kappa shape index (κ3) is 2.17. The van der Waals surface area contributed by atoms with Crippen LogP contribution in [0.25, 0.3) is 0 Å². The van der Waals surface area contributed by atoms with Gasteiger partial charge in [0.25, 0.3) is 0 Å². The van der Waals surface area contributed by atoms with E-state index in [9.17, 15) is 0 Å². The third-order valence-corrected chi connectivity index (χ3v) is 3.67. The predicted octanol–water partition coefficient (Wildman–Crippen LogP) is 2.79. The van der Waals surface area contributed by atoms with Crippen LogP contribution < -0.4 is 4.67 Å². The number of aromatic nitrogens is 2. The molecule has 0 aromatic carbocycles. The van der Waals surface area contributed by atoms with Crippen LogP contribution in [0.5, 0.6) is 0 Å². The summed E-state index contributed by atoms with van der Waals surface area (Å²) in [4.78, 5) is 8.53. The molecular formula is C8H6ClN3S2. The average Bonchev–Trinajstić information content (AvgIpc) is 2.52. The first-order chi connectivity index (χ1) is 6.75. The Morgan fingerprint density at radius 3 is 2.93 bits per heavy atom. The van der Waals surface area contributed by atoms with Gasteiger partial charge in [0.1, 0.15) is 0 Å². The summed E-state index contributed by atoms with van der Waals surface area (Å²) in [5.74, 6) is 0.670. The van der Waals surface area contributed by atoms with Gasteiger partial charge in [-0.1, -0.05) is 17.7 Å². The Hall–Kier alpha value is -0.780. The monoisotopic (exact) mass is 243 g/mol. The first-order valence-electron chi connectivity index (χ1n) is 3.85. The first kappa shape index (κ1) is 9.76. The molecule has 0 radical (unpaired) electrons. The molecule has 0 spiro atoms. The molecule has 6 heteroatoms. The fraction of sp³-hybridized carbons (Fsp3) is 0.125. The van der Waals surface area contributed by atoms with Gasteiger partial charge >= 0.3 is 0 Å². The van der Waals surface area contributed by atoms with Crippen molar-refractivity contribution in [2.24, 2.45) is 4.99 Å². The highest BCUT2D eigenvalue weighted by Gasteiger charge is 1.97. The molecular weight excluding hydrogens is 238 g/mol. The number of aryl methyl sites for hydroxylation is 1. The van der Waals surface area contributed by atoms with Gasteiger partial charge in [0, 0.05) is 16.2 Å². The van der Waals surface area contributed by atoms with E-state index in [1.54, 1.807) is 0 Å². The minimum Gasteiger partial charge on any atom is -0.234 e. The molecule has 72 valence electrons. The molecule has 0 aliphatic carbocycles. The number of hydrogen-bond donors (Lipinski definition) is 0. The third-order valence-electron chi connectivity index (χ3n) is 1.50. The van der Waals surface area contributed by atoms with Crippen molar-refractivity contribution in [1.29, 1.82) is 0 Å². The number of halogens is 1. The Bertz CT molecular complexity index is 503. The molecule has 0 aliphatic rings. The minimum absolute atomic E-state index is 0.448. The van der Waals surface area contributed by atoms with Gasteiger partial charge in [0.2, 0.25) is 0 Å². The largest absolute Gasteiger partial charge is 0.234 e. The van der Waals surface area contributed by atoms with Crippen molar-refractivity contribution >= 4 is 38.3 Å². The van der Waals surface area contributed by atoms with Crippen LogP contribution in [-0.4, -0.2) is 9.36 Å². The second-order valence-electron chi connectivity index (χ2n) is 2.59.